The summed E-state index contributed by atoms with van der Waals surface area (Å²) in [5.41, 5.74) is 8.35. The molecule has 0 bridgehead atoms. The zero-order valence-corrected chi connectivity index (χ0v) is 11.5. The first-order valence-corrected chi connectivity index (χ1v) is 6.20. The van der Waals surface area contributed by atoms with Gasteiger partial charge in [-0.05, 0) is 18.1 Å². The van der Waals surface area contributed by atoms with Gasteiger partial charge >= 0.3 is 6.18 Å². The van der Waals surface area contributed by atoms with Crippen molar-refractivity contribution >= 4 is 17.2 Å². The lowest BCUT2D eigenvalue weighted by atomic mass is 10.1. The highest BCUT2D eigenvalue weighted by Gasteiger charge is 2.24. The quantitative estimate of drug-likeness (QED) is 0.852. The number of alkyl halides is 3. The third kappa shape index (κ3) is 5.97. The zero-order chi connectivity index (χ0) is 15.9. The highest BCUT2D eigenvalue weighted by Crippen LogP contribution is 2.18. The largest absolute Gasteiger partial charge is 0.446 e. The van der Waals surface area contributed by atoms with E-state index in [1.165, 1.54) is 10.9 Å². The summed E-state index contributed by atoms with van der Waals surface area (Å²) < 4.78 is 36.3. The lowest BCUT2D eigenvalue weighted by molar-refractivity contribution is -0.156. The number of fused-ring (bicyclic) bond motifs is 1. The molecule has 0 saturated carbocycles. The molecule has 0 aliphatic rings. The van der Waals surface area contributed by atoms with Crippen LogP contribution >= 0.6 is 0 Å². The standard InChI is InChI=1S/C12H16N2O.C2HF3O/c1-15-8-10(13)6-9-7-14-12-5-3-2-4-11(9)12;3-2(4,5)1-6/h2-5,7,10,14H,6,8,13H2,1H3;1H. The van der Waals surface area contributed by atoms with Gasteiger partial charge in [-0.3, -0.25) is 4.79 Å². The summed E-state index contributed by atoms with van der Waals surface area (Å²) in [5.74, 6) is 0. The van der Waals surface area contributed by atoms with Gasteiger partial charge in [0.2, 0.25) is 6.29 Å². The second-order valence-corrected chi connectivity index (χ2v) is 4.44. The smallest absolute Gasteiger partial charge is 0.383 e. The SMILES string of the molecule is COCC(N)Cc1c[nH]c2ccccc12.O=CC(F)(F)F. The van der Waals surface area contributed by atoms with Crippen LogP contribution in [0, 0.1) is 0 Å². The molecule has 0 amide bonds. The third-order valence-electron chi connectivity index (χ3n) is 2.67. The minimum atomic E-state index is -4.64. The topological polar surface area (TPSA) is 68.1 Å². The number of hydrogen-bond acceptors (Lipinski definition) is 3. The molecule has 0 radical (unpaired) electrons. The molecule has 1 atom stereocenters. The molecule has 4 nitrogen and oxygen atoms in total. The van der Waals surface area contributed by atoms with E-state index in [0.717, 1.165) is 11.9 Å². The summed E-state index contributed by atoms with van der Waals surface area (Å²) in [7, 11) is 1.68. The summed E-state index contributed by atoms with van der Waals surface area (Å²) in [4.78, 5) is 11.9. The van der Waals surface area contributed by atoms with Gasteiger partial charge in [0.25, 0.3) is 0 Å². The highest BCUT2D eigenvalue weighted by atomic mass is 19.4. The van der Waals surface area contributed by atoms with Crippen LogP contribution in [0.1, 0.15) is 5.56 Å². The molecule has 2 rings (SSSR count). The number of carbonyl (C=O) groups is 1. The Morgan fingerprint density at radius 1 is 1.38 bits per heavy atom. The molecule has 0 aliphatic heterocycles. The molecule has 7 heteroatoms. The molecule has 1 heterocycles. The van der Waals surface area contributed by atoms with Crippen LogP contribution < -0.4 is 5.73 Å². The van der Waals surface area contributed by atoms with Gasteiger partial charge in [-0.15, -0.1) is 0 Å². The number of halogens is 3. The van der Waals surface area contributed by atoms with Crippen LogP contribution in [-0.2, 0) is 16.0 Å². The third-order valence-corrected chi connectivity index (χ3v) is 2.67. The Labute approximate surface area is 120 Å². The van der Waals surface area contributed by atoms with Crippen LogP contribution in [0.4, 0.5) is 13.2 Å². The summed E-state index contributed by atoms with van der Waals surface area (Å²) in [5, 5.41) is 1.25. The van der Waals surface area contributed by atoms with E-state index in [9.17, 15) is 13.2 Å². The number of hydrogen-bond donors (Lipinski definition) is 2. The van der Waals surface area contributed by atoms with Crippen molar-refractivity contribution in [3.05, 3.63) is 36.0 Å². The Kier molecular flexibility index (Phi) is 6.39. The second kappa shape index (κ2) is 7.80. The zero-order valence-electron chi connectivity index (χ0n) is 11.5. The minimum absolute atomic E-state index is 0.0641. The van der Waals surface area contributed by atoms with Gasteiger partial charge in [0.05, 0.1) is 6.61 Å². The normalized spacial score (nSPS) is 12.6. The van der Waals surface area contributed by atoms with E-state index < -0.39 is 12.5 Å². The summed E-state index contributed by atoms with van der Waals surface area (Å²) >= 11 is 0. The van der Waals surface area contributed by atoms with Gasteiger partial charge in [0.15, 0.2) is 0 Å². The first-order chi connectivity index (χ1) is 9.87. The van der Waals surface area contributed by atoms with Crippen LogP contribution in [0.5, 0.6) is 0 Å². The van der Waals surface area contributed by atoms with Crippen molar-refractivity contribution in [2.75, 3.05) is 13.7 Å². The number of benzene rings is 1. The van der Waals surface area contributed by atoms with Gasteiger partial charge in [-0.1, -0.05) is 18.2 Å². The van der Waals surface area contributed by atoms with Gasteiger partial charge in [-0.25, -0.2) is 0 Å². The fraction of sp³-hybridized carbons (Fsp3) is 0.357. The van der Waals surface area contributed by atoms with Crippen molar-refractivity contribution in [1.29, 1.82) is 0 Å². The molecule has 1 aromatic heterocycles. The number of ether oxygens (including phenoxy) is 1. The predicted octanol–water partition coefficient (Wildman–Crippen LogP) is 2.43. The van der Waals surface area contributed by atoms with E-state index in [1.54, 1.807) is 7.11 Å². The molecule has 2 aromatic rings. The molecule has 1 unspecified atom stereocenters. The Bertz CT molecular complexity index is 567. The maximum Gasteiger partial charge on any atom is 0.446 e. The summed E-state index contributed by atoms with van der Waals surface area (Å²) in [6, 6.07) is 8.31. The summed E-state index contributed by atoms with van der Waals surface area (Å²) in [6.07, 6.45) is -2.83. The molecule has 116 valence electrons. The Morgan fingerprint density at radius 2 is 2.00 bits per heavy atom. The second-order valence-electron chi connectivity index (χ2n) is 4.44. The van der Waals surface area contributed by atoms with E-state index in [-0.39, 0.29) is 6.04 Å². The van der Waals surface area contributed by atoms with E-state index in [1.807, 2.05) is 18.3 Å². The van der Waals surface area contributed by atoms with Crippen molar-refractivity contribution in [3.8, 4) is 0 Å². The minimum Gasteiger partial charge on any atom is -0.383 e. The fourth-order valence-corrected chi connectivity index (χ4v) is 1.86. The lowest BCUT2D eigenvalue weighted by Gasteiger charge is -2.08. The van der Waals surface area contributed by atoms with Gasteiger partial charge in [0.1, 0.15) is 0 Å². The molecule has 0 fully saturated rings. The number of nitrogens with two attached hydrogens (primary N) is 1. The Hall–Kier alpha value is -1.86. The Balaban J connectivity index is 0.000000315. The van der Waals surface area contributed by atoms with E-state index >= 15 is 0 Å². The Morgan fingerprint density at radius 3 is 2.57 bits per heavy atom. The van der Waals surface area contributed by atoms with Gasteiger partial charge < -0.3 is 15.5 Å². The van der Waals surface area contributed by atoms with Crippen LogP contribution in [-0.4, -0.2) is 37.2 Å². The van der Waals surface area contributed by atoms with Crippen molar-refractivity contribution < 1.29 is 22.7 Å². The molecule has 1 aromatic carbocycles. The number of para-hydroxylation sites is 1. The van der Waals surface area contributed by atoms with E-state index in [0.29, 0.717) is 6.61 Å². The first-order valence-electron chi connectivity index (χ1n) is 6.20. The fourth-order valence-electron chi connectivity index (χ4n) is 1.86. The number of methoxy groups -OCH3 is 1. The van der Waals surface area contributed by atoms with E-state index in [2.05, 4.69) is 17.1 Å². The maximum atomic E-state index is 10.4. The average Bonchev–Trinajstić information content (AvgIpc) is 2.82. The monoisotopic (exact) mass is 302 g/mol. The van der Waals surface area contributed by atoms with Gasteiger partial charge in [0, 0.05) is 30.3 Å². The number of nitrogens with one attached hydrogen (secondary N) is 1. The predicted molar refractivity (Wildman–Crippen MR) is 74.0 cm³/mol. The molecule has 21 heavy (non-hydrogen) atoms. The molecule has 0 saturated heterocycles. The van der Waals surface area contributed by atoms with Crippen LogP contribution in [0.25, 0.3) is 10.9 Å². The molecule has 0 spiro atoms. The van der Waals surface area contributed by atoms with Gasteiger partial charge in [-0.2, -0.15) is 13.2 Å². The van der Waals surface area contributed by atoms with Crippen molar-refractivity contribution in [2.24, 2.45) is 5.73 Å². The summed E-state index contributed by atoms with van der Waals surface area (Å²) in [6.45, 7) is 0.597. The molecule has 0 aliphatic carbocycles. The molecule has 3 N–H and O–H groups in total. The maximum absolute atomic E-state index is 10.4. The van der Waals surface area contributed by atoms with E-state index in [4.69, 9.17) is 15.3 Å². The number of aromatic amines is 1. The number of aromatic nitrogens is 1. The number of H-pyrrole nitrogens is 1. The van der Waals surface area contributed by atoms with Crippen molar-refractivity contribution in [3.63, 3.8) is 0 Å². The van der Waals surface area contributed by atoms with Crippen LogP contribution in [0.3, 0.4) is 0 Å². The molecular formula is C14H17F3N2O2. The van der Waals surface area contributed by atoms with Crippen LogP contribution in [0.15, 0.2) is 30.5 Å². The van der Waals surface area contributed by atoms with Crippen LogP contribution in [0.2, 0.25) is 0 Å². The number of carbonyl (C=O) groups excluding carboxylic acids is 1. The number of rotatable bonds is 4. The number of aldehydes is 1. The van der Waals surface area contributed by atoms with Crippen molar-refractivity contribution in [2.45, 2.75) is 18.6 Å². The average molecular weight is 302 g/mol. The lowest BCUT2D eigenvalue weighted by Crippen LogP contribution is -2.27. The molecular weight excluding hydrogens is 285 g/mol. The van der Waals surface area contributed by atoms with Crippen molar-refractivity contribution in [1.82, 2.24) is 4.98 Å². The first kappa shape index (κ1) is 17.2. The highest BCUT2D eigenvalue weighted by molar-refractivity contribution is 5.83.